The maximum absolute atomic E-state index is 12.9. The number of aromatic nitrogens is 2. The summed E-state index contributed by atoms with van der Waals surface area (Å²) in [6.07, 6.45) is -3.85. The number of esters is 1. The molecule has 0 unspecified atom stereocenters. The molecule has 2 aromatic rings. The molecule has 30 heavy (non-hydrogen) atoms. The molecule has 1 aromatic carbocycles. The second-order valence-corrected chi connectivity index (χ2v) is 6.44. The highest BCUT2D eigenvalue weighted by Crippen LogP contribution is 2.29. The van der Waals surface area contributed by atoms with E-state index in [1.807, 2.05) is 6.92 Å². The lowest BCUT2D eigenvalue weighted by Gasteiger charge is -2.22. The molecule has 0 bridgehead atoms. The number of nitrogens with zero attached hydrogens (tertiary/aromatic N) is 3. The van der Waals surface area contributed by atoms with Crippen LogP contribution in [0.15, 0.2) is 41.2 Å². The summed E-state index contributed by atoms with van der Waals surface area (Å²) in [4.78, 5) is 37.8. The zero-order chi connectivity index (χ0) is 22.3. The van der Waals surface area contributed by atoms with Crippen LogP contribution in [-0.2, 0) is 28.8 Å². The summed E-state index contributed by atoms with van der Waals surface area (Å²) < 4.78 is 44.3. The van der Waals surface area contributed by atoms with Crippen LogP contribution < -0.4 is 5.56 Å². The van der Waals surface area contributed by atoms with E-state index in [1.165, 1.54) is 24.3 Å². The Morgan fingerprint density at radius 3 is 2.33 bits per heavy atom. The van der Waals surface area contributed by atoms with E-state index in [2.05, 4.69) is 5.10 Å². The van der Waals surface area contributed by atoms with Gasteiger partial charge >= 0.3 is 12.1 Å². The minimum absolute atomic E-state index is 0.0562. The number of hydrogen-bond donors (Lipinski definition) is 0. The van der Waals surface area contributed by atoms with Crippen molar-refractivity contribution in [1.29, 1.82) is 0 Å². The SMILES string of the molecule is CCCn1nc(C(=O)N(CC(=O)OCC)Cc2ccc(C(F)(F)F)cc2)ccc1=O. The fourth-order valence-electron chi connectivity index (χ4n) is 2.68. The van der Waals surface area contributed by atoms with Crippen molar-refractivity contribution in [1.82, 2.24) is 14.7 Å². The second kappa shape index (κ2) is 10.0. The van der Waals surface area contributed by atoms with E-state index in [1.54, 1.807) is 6.92 Å². The van der Waals surface area contributed by atoms with Gasteiger partial charge in [-0.1, -0.05) is 19.1 Å². The number of hydrogen-bond acceptors (Lipinski definition) is 5. The topological polar surface area (TPSA) is 81.5 Å². The third-order valence-electron chi connectivity index (χ3n) is 4.09. The van der Waals surface area contributed by atoms with Crippen molar-refractivity contribution < 1.29 is 27.5 Å². The Morgan fingerprint density at radius 1 is 1.10 bits per heavy atom. The Balaban J connectivity index is 2.30. The molecule has 0 aliphatic heterocycles. The van der Waals surface area contributed by atoms with E-state index in [9.17, 15) is 27.6 Å². The fraction of sp³-hybridized carbons (Fsp3) is 0.400. The Morgan fingerprint density at radius 2 is 1.77 bits per heavy atom. The third-order valence-corrected chi connectivity index (χ3v) is 4.09. The first-order chi connectivity index (χ1) is 14.2. The molecule has 2 rings (SSSR count). The van der Waals surface area contributed by atoms with Crippen LogP contribution in [0.1, 0.15) is 41.9 Å². The van der Waals surface area contributed by atoms with Crippen LogP contribution in [0.2, 0.25) is 0 Å². The summed E-state index contributed by atoms with van der Waals surface area (Å²) in [5.74, 6) is -1.31. The van der Waals surface area contributed by atoms with E-state index in [-0.39, 0.29) is 24.4 Å². The Bertz CT molecular complexity index is 940. The fourth-order valence-corrected chi connectivity index (χ4v) is 2.68. The molecule has 1 aromatic heterocycles. The van der Waals surface area contributed by atoms with E-state index >= 15 is 0 Å². The van der Waals surface area contributed by atoms with Gasteiger partial charge in [0.2, 0.25) is 0 Å². The number of ether oxygens (including phenoxy) is 1. The van der Waals surface area contributed by atoms with Gasteiger partial charge in [-0.25, -0.2) is 4.68 Å². The lowest BCUT2D eigenvalue weighted by atomic mass is 10.1. The normalized spacial score (nSPS) is 11.2. The molecular weight excluding hydrogens is 403 g/mol. The molecule has 0 radical (unpaired) electrons. The van der Waals surface area contributed by atoms with Gasteiger partial charge in [0.25, 0.3) is 11.5 Å². The highest BCUT2D eigenvalue weighted by atomic mass is 19.4. The van der Waals surface area contributed by atoms with Gasteiger partial charge in [0.05, 0.1) is 12.2 Å². The van der Waals surface area contributed by atoms with Crippen LogP contribution in [0.3, 0.4) is 0 Å². The number of carbonyl (C=O) groups excluding carboxylic acids is 2. The van der Waals surface area contributed by atoms with E-state index in [4.69, 9.17) is 4.74 Å². The first-order valence-corrected chi connectivity index (χ1v) is 9.34. The van der Waals surface area contributed by atoms with E-state index < -0.39 is 30.2 Å². The van der Waals surface area contributed by atoms with Gasteiger partial charge in [-0.05, 0) is 37.1 Å². The predicted octanol–water partition coefficient (Wildman–Crippen LogP) is 2.88. The first kappa shape index (κ1) is 23.1. The van der Waals surface area contributed by atoms with Gasteiger partial charge in [-0.2, -0.15) is 18.3 Å². The van der Waals surface area contributed by atoms with Crippen LogP contribution in [-0.4, -0.2) is 39.7 Å². The van der Waals surface area contributed by atoms with Crippen molar-refractivity contribution >= 4 is 11.9 Å². The maximum Gasteiger partial charge on any atom is 0.416 e. The number of amides is 1. The standard InChI is InChI=1S/C20H22F3N3O4/c1-3-11-26-17(27)10-9-16(24-26)19(29)25(13-18(28)30-4-2)12-14-5-7-15(8-6-14)20(21,22)23/h5-10H,3-4,11-13H2,1-2H3. The summed E-state index contributed by atoms with van der Waals surface area (Å²) >= 11 is 0. The van der Waals surface area contributed by atoms with Crippen molar-refractivity contribution in [2.75, 3.05) is 13.2 Å². The molecule has 7 nitrogen and oxygen atoms in total. The predicted molar refractivity (Wildman–Crippen MR) is 102 cm³/mol. The first-order valence-electron chi connectivity index (χ1n) is 9.34. The van der Waals surface area contributed by atoms with Crippen molar-refractivity contribution in [3.63, 3.8) is 0 Å². The van der Waals surface area contributed by atoms with E-state index in [0.717, 1.165) is 21.7 Å². The van der Waals surface area contributed by atoms with E-state index in [0.29, 0.717) is 18.5 Å². The zero-order valence-electron chi connectivity index (χ0n) is 16.6. The van der Waals surface area contributed by atoms with Gasteiger partial charge < -0.3 is 9.64 Å². The Labute approximate surface area is 171 Å². The van der Waals surface area contributed by atoms with Gasteiger partial charge in [-0.15, -0.1) is 0 Å². The third kappa shape index (κ3) is 6.16. The van der Waals surface area contributed by atoms with Gasteiger partial charge in [0.1, 0.15) is 12.2 Å². The summed E-state index contributed by atoms with van der Waals surface area (Å²) in [5.41, 5.74) is -0.849. The highest BCUT2D eigenvalue weighted by molar-refractivity contribution is 5.94. The van der Waals surface area contributed by atoms with Crippen LogP contribution >= 0.6 is 0 Å². The molecule has 1 heterocycles. The second-order valence-electron chi connectivity index (χ2n) is 6.44. The summed E-state index contributed by atoms with van der Waals surface area (Å²) in [7, 11) is 0. The average molecular weight is 425 g/mol. The molecule has 0 saturated carbocycles. The average Bonchev–Trinajstić information content (AvgIpc) is 2.69. The van der Waals surface area contributed by atoms with Crippen molar-refractivity contribution in [2.45, 2.75) is 39.5 Å². The number of rotatable bonds is 8. The van der Waals surface area contributed by atoms with Crippen LogP contribution in [0.25, 0.3) is 0 Å². The number of aryl methyl sites for hydroxylation is 1. The smallest absolute Gasteiger partial charge is 0.416 e. The van der Waals surface area contributed by atoms with Crippen LogP contribution in [0.5, 0.6) is 0 Å². The summed E-state index contributed by atoms with van der Waals surface area (Å²) in [5, 5.41) is 4.04. The van der Waals surface area contributed by atoms with Crippen LogP contribution in [0.4, 0.5) is 13.2 Å². The molecule has 1 amide bonds. The highest BCUT2D eigenvalue weighted by Gasteiger charge is 2.30. The minimum Gasteiger partial charge on any atom is -0.465 e. The minimum atomic E-state index is -4.48. The van der Waals surface area contributed by atoms with Crippen molar-refractivity contribution in [3.05, 3.63) is 63.6 Å². The lowest BCUT2D eigenvalue weighted by Crippen LogP contribution is -2.37. The number of carbonyl (C=O) groups is 2. The molecule has 0 spiro atoms. The Hall–Kier alpha value is -3.17. The molecule has 162 valence electrons. The molecule has 10 heteroatoms. The van der Waals surface area contributed by atoms with Gasteiger partial charge in [0, 0.05) is 19.2 Å². The summed E-state index contributed by atoms with van der Waals surface area (Å²) in [6, 6.07) is 6.74. The molecular formula is C20H22F3N3O4. The van der Waals surface area contributed by atoms with Gasteiger partial charge in [0.15, 0.2) is 0 Å². The molecule has 0 aliphatic carbocycles. The van der Waals surface area contributed by atoms with Gasteiger partial charge in [-0.3, -0.25) is 14.4 Å². The maximum atomic E-state index is 12.9. The van der Waals surface area contributed by atoms with Crippen molar-refractivity contribution in [3.8, 4) is 0 Å². The molecule has 0 atom stereocenters. The Kier molecular flexibility index (Phi) is 7.73. The monoisotopic (exact) mass is 425 g/mol. The number of alkyl halides is 3. The molecule has 0 N–H and O–H groups in total. The quantitative estimate of drug-likeness (QED) is 0.608. The number of halogens is 3. The zero-order valence-corrected chi connectivity index (χ0v) is 16.6. The molecule has 0 saturated heterocycles. The number of benzene rings is 1. The largest absolute Gasteiger partial charge is 0.465 e. The van der Waals surface area contributed by atoms with Crippen molar-refractivity contribution in [2.24, 2.45) is 0 Å². The lowest BCUT2D eigenvalue weighted by molar-refractivity contribution is -0.144. The molecule has 0 fully saturated rings. The van der Waals surface area contributed by atoms with Crippen LogP contribution in [0, 0.1) is 0 Å². The summed E-state index contributed by atoms with van der Waals surface area (Å²) in [6.45, 7) is 3.34. The molecule has 0 aliphatic rings.